The molecule has 0 aliphatic carbocycles. The van der Waals surface area contributed by atoms with Gasteiger partial charge in [-0.3, -0.25) is 4.79 Å². The van der Waals surface area contributed by atoms with E-state index in [-0.39, 0.29) is 10.7 Å². The van der Waals surface area contributed by atoms with Crippen LogP contribution in [0, 0.1) is 11.8 Å². The molecule has 3 unspecified atom stereocenters. The van der Waals surface area contributed by atoms with E-state index in [2.05, 4.69) is 29.8 Å². The van der Waals surface area contributed by atoms with Gasteiger partial charge in [-0.15, -0.1) is 0 Å². The zero-order valence-electron chi connectivity index (χ0n) is 9.29. The SMILES string of the molecule is CCC(Br)C(=O)N1CC(C)CC(C)C1. The third kappa shape index (κ3) is 2.97. The molecule has 1 aliphatic rings. The number of nitrogens with zero attached hydrogens (tertiary/aromatic N) is 1. The van der Waals surface area contributed by atoms with Crippen LogP contribution in [-0.2, 0) is 4.79 Å². The van der Waals surface area contributed by atoms with Gasteiger partial charge in [-0.2, -0.15) is 0 Å². The number of alkyl halides is 1. The number of carbonyl (C=O) groups excluding carboxylic acids is 1. The second kappa shape index (κ2) is 5.15. The van der Waals surface area contributed by atoms with Gasteiger partial charge in [-0.05, 0) is 24.7 Å². The molecule has 1 fully saturated rings. The van der Waals surface area contributed by atoms with Crippen LogP contribution < -0.4 is 0 Å². The van der Waals surface area contributed by atoms with Crippen molar-refractivity contribution >= 4 is 21.8 Å². The van der Waals surface area contributed by atoms with E-state index in [1.807, 2.05) is 11.8 Å². The molecular formula is C11H20BrNO. The van der Waals surface area contributed by atoms with Crippen LogP contribution in [0.4, 0.5) is 0 Å². The summed E-state index contributed by atoms with van der Waals surface area (Å²) in [5.74, 6) is 1.57. The Kier molecular flexibility index (Phi) is 4.42. The Balaban J connectivity index is 2.54. The molecule has 14 heavy (non-hydrogen) atoms. The van der Waals surface area contributed by atoms with E-state index in [1.54, 1.807) is 0 Å². The van der Waals surface area contributed by atoms with Crippen molar-refractivity contribution in [1.29, 1.82) is 0 Å². The summed E-state index contributed by atoms with van der Waals surface area (Å²) >= 11 is 3.43. The van der Waals surface area contributed by atoms with Gasteiger partial charge in [-0.25, -0.2) is 0 Å². The van der Waals surface area contributed by atoms with Gasteiger partial charge in [0.1, 0.15) is 0 Å². The summed E-state index contributed by atoms with van der Waals surface area (Å²) in [4.78, 5) is 13.9. The van der Waals surface area contributed by atoms with E-state index in [4.69, 9.17) is 0 Å². The number of piperidine rings is 1. The van der Waals surface area contributed by atoms with Crippen LogP contribution in [0.5, 0.6) is 0 Å². The molecule has 0 aromatic heterocycles. The van der Waals surface area contributed by atoms with Crippen molar-refractivity contribution in [3.8, 4) is 0 Å². The second-order valence-corrected chi connectivity index (χ2v) is 5.67. The normalized spacial score (nSPS) is 30.1. The Bertz CT molecular complexity index is 197. The fourth-order valence-corrected chi connectivity index (χ4v) is 2.51. The number of carbonyl (C=O) groups is 1. The predicted molar refractivity (Wildman–Crippen MR) is 62.5 cm³/mol. The number of halogens is 1. The highest BCUT2D eigenvalue weighted by Crippen LogP contribution is 2.22. The maximum atomic E-state index is 11.9. The summed E-state index contributed by atoms with van der Waals surface area (Å²) in [6, 6.07) is 0. The fourth-order valence-electron chi connectivity index (χ4n) is 2.22. The number of amides is 1. The molecule has 0 bridgehead atoms. The van der Waals surface area contributed by atoms with Crippen LogP contribution >= 0.6 is 15.9 Å². The Hall–Kier alpha value is -0.0500. The molecule has 0 aromatic carbocycles. The lowest BCUT2D eigenvalue weighted by atomic mass is 9.91. The van der Waals surface area contributed by atoms with E-state index in [1.165, 1.54) is 6.42 Å². The third-order valence-electron chi connectivity index (χ3n) is 2.81. The maximum Gasteiger partial charge on any atom is 0.236 e. The minimum atomic E-state index is 0.0139. The lowest BCUT2D eigenvalue weighted by Gasteiger charge is -2.36. The smallest absolute Gasteiger partial charge is 0.236 e. The molecule has 0 aromatic rings. The number of hydrogen-bond acceptors (Lipinski definition) is 1. The first-order valence-corrected chi connectivity index (χ1v) is 6.39. The molecule has 0 spiro atoms. The highest BCUT2D eigenvalue weighted by atomic mass is 79.9. The number of hydrogen-bond donors (Lipinski definition) is 0. The molecule has 0 radical (unpaired) electrons. The molecular weight excluding hydrogens is 242 g/mol. The van der Waals surface area contributed by atoms with Crippen LogP contribution in [-0.4, -0.2) is 28.7 Å². The molecule has 1 amide bonds. The second-order valence-electron chi connectivity index (χ2n) is 4.57. The molecule has 1 rings (SSSR count). The molecule has 1 heterocycles. The van der Waals surface area contributed by atoms with Gasteiger partial charge in [0.05, 0.1) is 4.83 Å². The summed E-state index contributed by atoms with van der Waals surface area (Å²) in [6.45, 7) is 8.36. The van der Waals surface area contributed by atoms with Gasteiger partial charge in [0.25, 0.3) is 0 Å². The van der Waals surface area contributed by atoms with Crippen molar-refractivity contribution in [2.24, 2.45) is 11.8 Å². The Labute approximate surface area is 95.2 Å². The molecule has 0 N–H and O–H groups in total. The first-order valence-electron chi connectivity index (χ1n) is 5.47. The van der Waals surface area contributed by atoms with Gasteiger partial charge in [0.15, 0.2) is 0 Å². The summed E-state index contributed by atoms with van der Waals surface area (Å²) in [7, 11) is 0. The van der Waals surface area contributed by atoms with Gasteiger partial charge >= 0.3 is 0 Å². The van der Waals surface area contributed by atoms with Crippen molar-refractivity contribution in [2.45, 2.75) is 38.4 Å². The van der Waals surface area contributed by atoms with E-state index >= 15 is 0 Å². The summed E-state index contributed by atoms with van der Waals surface area (Å²) < 4.78 is 0. The zero-order chi connectivity index (χ0) is 10.7. The topological polar surface area (TPSA) is 20.3 Å². The third-order valence-corrected chi connectivity index (χ3v) is 3.85. The van der Waals surface area contributed by atoms with Gasteiger partial charge < -0.3 is 4.90 Å². The van der Waals surface area contributed by atoms with E-state index in [0.29, 0.717) is 11.8 Å². The summed E-state index contributed by atoms with van der Waals surface area (Å²) in [5, 5.41) is 0. The highest BCUT2D eigenvalue weighted by Gasteiger charge is 2.27. The molecule has 1 aliphatic heterocycles. The molecule has 0 saturated carbocycles. The highest BCUT2D eigenvalue weighted by molar-refractivity contribution is 9.10. The standard InChI is InChI=1S/C11H20BrNO/c1-4-10(12)11(14)13-6-8(2)5-9(3)7-13/h8-10H,4-7H2,1-3H3. The van der Waals surface area contributed by atoms with Crippen molar-refractivity contribution in [1.82, 2.24) is 4.90 Å². The summed E-state index contributed by atoms with van der Waals surface area (Å²) in [5.41, 5.74) is 0. The van der Waals surface area contributed by atoms with Gasteiger partial charge in [0, 0.05) is 13.1 Å². The Morgan fingerprint density at radius 3 is 2.36 bits per heavy atom. The lowest BCUT2D eigenvalue weighted by Crippen LogP contribution is -2.45. The molecule has 2 nitrogen and oxygen atoms in total. The zero-order valence-corrected chi connectivity index (χ0v) is 10.9. The first-order chi connectivity index (χ1) is 6.54. The van der Waals surface area contributed by atoms with Crippen molar-refractivity contribution in [3.05, 3.63) is 0 Å². The van der Waals surface area contributed by atoms with Gasteiger partial charge in [-0.1, -0.05) is 36.7 Å². The van der Waals surface area contributed by atoms with Crippen LogP contribution in [0.2, 0.25) is 0 Å². The van der Waals surface area contributed by atoms with Crippen molar-refractivity contribution in [2.75, 3.05) is 13.1 Å². The number of rotatable bonds is 2. The monoisotopic (exact) mass is 261 g/mol. The maximum absolute atomic E-state index is 11.9. The van der Waals surface area contributed by atoms with Crippen LogP contribution in [0.1, 0.15) is 33.6 Å². The average molecular weight is 262 g/mol. The van der Waals surface area contributed by atoms with Crippen molar-refractivity contribution < 1.29 is 4.79 Å². The number of likely N-dealkylation sites (tertiary alicyclic amines) is 1. The van der Waals surface area contributed by atoms with Crippen LogP contribution in [0.15, 0.2) is 0 Å². The molecule has 1 saturated heterocycles. The summed E-state index contributed by atoms with van der Waals surface area (Å²) in [6.07, 6.45) is 2.13. The van der Waals surface area contributed by atoms with E-state index in [9.17, 15) is 4.79 Å². The quantitative estimate of drug-likeness (QED) is 0.700. The fraction of sp³-hybridized carbons (Fsp3) is 0.909. The van der Waals surface area contributed by atoms with E-state index < -0.39 is 0 Å². The predicted octanol–water partition coefficient (Wildman–Crippen LogP) is 2.66. The average Bonchev–Trinajstić information content (AvgIpc) is 2.14. The minimum Gasteiger partial charge on any atom is -0.341 e. The molecule has 3 heteroatoms. The largest absolute Gasteiger partial charge is 0.341 e. The van der Waals surface area contributed by atoms with Gasteiger partial charge in [0.2, 0.25) is 5.91 Å². The molecule has 82 valence electrons. The molecule has 3 atom stereocenters. The Morgan fingerprint density at radius 2 is 1.93 bits per heavy atom. The first kappa shape index (κ1) is 12.0. The van der Waals surface area contributed by atoms with Crippen LogP contribution in [0.25, 0.3) is 0 Å². The Morgan fingerprint density at radius 1 is 1.43 bits per heavy atom. The van der Waals surface area contributed by atoms with Crippen LogP contribution in [0.3, 0.4) is 0 Å². The minimum absolute atomic E-state index is 0.0139. The lowest BCUT2D eigenvalue weighted by molar-refractivity contribution is -0.133. The van der Waals surface area contributed by atoms with Crippen molar-refractivity contribution in [3.63, 3.8) is 0 Å². The van der Waals surface area contributed by atoms with E-state index in [0.717, 1.165) is 19.5 Å².